The maximum absolute atomic E-state index is 13.4. The van der Waals surface area contributed by atoms with Crippen LogP contribution >= 0.6 is 15.9 Å². The number of benzene rings is 1. The van der Waals surface area contributed by atoms with Gasteiger partial charge < -0.3 is 15.4 Å². The summed E-state index contributed by atoms with van der Waals surface area (Å²) in [7, 11) is 0. The first kappa shape index (κ1) is 12.5. The van der Waals surface area contributed by atoms with Crippen molar-refractivity contribution in [1.29, 1.82) is 0 Å². The Hall–Kier alpha value is -0.980. The number of carbonyl (C=O) groups is 1. The van der Waals surface area contributed by atoms with Gasteiger partial charge >= 0.3 is 0 Å². The number of carbonyl (C=O) groups excluding carboxylic acids is 1. The first-order chi connectivity index (χ1) is 8.16. The molecule has 1 aromatic rings. The molecule has 1 aromatic carbocycles. The van der Waals surface area contributed by atoms with Crippen LogP contribution in [0.15, 0.2) is 22.7 Å². The lowest BCUT2D eigenvalue weighted by molar-refractivity contribution is -0.120. The summed E-state index contributed by atoms with van der Waals surface area (Å²) in [6.07, 6.45) is 0. The lowest BCUT2D eigenvalue weighted by atomic mass is 10.2. The molecule has 1 heterocycles. The van der Waals surface area contributed by atoms with E-state index in [-0.39, 0.29) is 11.6 Å². The topological polar surface area (TPSA) is 50.4 Å². The lowest BCUT2D eigenvalue weighted by Crippen LogP contribution is -2.48. The molecule has 2 N–H and O–H groups in total. The summed E-state index contributed by atoms with van der Waals surface area (Å²) in [6.45, 7) is 1.52. The van der Waals surface area contributed by atoms with E-state index in [4.69, 9.17) is 4.74 Å². The van der Waals surface area contributed by atoms with E-state index in [9.17, 15) is 9.18 Å². The molecule has 1 unspecified atom stereocenters. The molecule has 1 amide bonds. The quantitative estimate of drug-likeness (QED) is 0.871. The molecule has 0 spiro atoms. The highest BCUT2D eigenvalue weighted by Gasteiger charge is 2.21. The van der Waals surface area contributed by atoms with Gasteiger partial charge in [-0.3, -0.25) is 4.79 Å². The second-order valence-corrected chi connectivity index (χ2v) is 4.61. The van der Waals surface area contributed by atoms with Gasteiger partial charge in [-0.1, -0.05) is 15.9 Å². The van der Waals surface area contributed by atoms with Crippen LogP contribution in [-0.4, -0.2) is 31.7 Å². The van der Waals surface area contributed by atoms with Crippen LogP contribution < -0.4 is 10.6 Å². The highest BCUT2D eigenvalue weighted by Crippen LogP contribution is 2.20. The molecule has 0 bridgehead atoms. The largest absolute Gasteiger partial charge is 0.378 e. The Balaban J connectivity index is 2.04. The van der Waals surface area contributed by atoms with Crippen molar-refractivity contribution in [2.45, 2.75) is 6.04 Å². The third kappa shape index (κ3) is 3.24. The number of rotatable bonds is 2. The normalized spacial score (nSPS) is 20.0. The summed E-state index contributed by atoms with van der Waals surface area (Å²) < 4.78 is 19.3. The van der Waals surface area contributed by atoms with E-state index < -0.39 is 11.9 Å². The van der Waals surface area contributed by atoms with Crippen LogP contribution in [0.25, 0.3) is 0 Å². The number of morpholine rings is 1. The second-order valence-electron chi connectivity index (χ2n) is 3.70. The number of ether oxygens (including phenoxy) is 1. The van der Waals surface area contributed by atoms with Crippen molar-refractivity contribution in [1.82, 2.24) is 5.32 Å². The van der Waals surface area contributed by atoms with E-state index in [2.05, 4.69) is 26.6 Å². The van der Waals surface area contributed by atoms with E-state index in [0.717, 1.165) is 0 Å². The van der Waals surface area contributed by atoms with E-state index in [1.54, 1.807) is 6.07 Å². The summed E-state index contributed by atoms with van der Waals surface area (Å²) in [5.41, 5.74) is 0.164. The number of amides is 1. The number of halogens is 2. The predicted molar refractivity (Wildman–Crippen MR) is 65.3 cm³/mol. The first-order valence-electron chi connectivity index (χ1n) is 5.24. The molecule has 0 saturated carbocycles. The van der Waals surface area contributed by atoms with E-state index >= 15 is 0 Å². The molecular formula is C11H12BrFN2O2. The van der Waals surface area contributed by atoms with Gasteiger partial charge in [-0.25, -0.2) is 4.39 Å². The molecule has 17 heavy (non-hydrogen) atoms. The zero-order valence-corrected chi connectivity index (χ0v) is 10.6. The zero-order valence-electron chi connectivity index (χ0n) is 9.00. The van der Waals surface area contributed by atoms with Crippen molar-refractivity contribution in [2.24, 2.45) is 0 Å². The van der Waals surface area contributed by atoms with Crippen molar-refractivity contribution in [3.8, 4) is 0 Å². The van der Waals surface area contributed by atoms with Crippen molar-refractivity contribution in [3.63, 3.8) is 0 Å². The third-order valence-electron chi connectivity index (χ3n) is 2.42. The molecule has 1 fully saturated rings. The summed E-state index contributed by atoms with van der Waals surface area (Å²) in [5.74, 6) is -0.750. The van der Waals surface area contributed by atoms with Gasteiger partial charge in [0.1, 0.15) is 11.9 Å². The summed E-state index contributed by atoms with van der Waals surface area (Å²) in [4.78, 5) is 11.8. The van der Waals surface area contributed by atoms with Crippen LogP contribution in [-0.2, 0) is 9.53 Å². The molecule has 1 aliphatic rings. The molecule has 0 aliphatic carbocycles. The standard InChI is InChI=1S/C11H12BrFN2O2/c12-7-1-2-8(13)9(5-7)15-11(16)10-6-17-4-3-14-10/h1-2,5,10,14H,3-4,6H2,(H,15,16). The fraction of sp³-hybridized carbons (Fsp3) is 0.364. The molecule has 0 radical (unpaired) electrons. The smallest absolute Gasteiger partial charge is 0.243 e. The van der Waals surface area contributed by atoms with Gasteiger partial charge in [0.05, 0.1) is 18.9 Å². The van der Waals surface area contributed by atoms with E-state index in [0.29, 0.717) is 24.2 Å². The molecule has 0 aromatic heterocycles. The number of anilines is 1. The molecule has 92 valence electrons. The predicted octanol–water partition coefficient (Wildman–Crippen LogP) is 1.52. The molecule has 1 saturated heterocycles. The maximum atomic E-state index is 13.4. The Kier molecular flexibility index (Phi) is 4.09. The van der Waals surface area contributed by atoms with Gasteiger partial charge in [0, 0.05) is 11.0 Å². The van der Waals surface area contributed by atoms with E-state index in [1.807, 2.05) is 0 Å². The Bertz CT molecular complexity index is 422. The van der Waals surface area contributed by atoms with Crippen LogP contribution in [0.1, 0.15) is 0 Å². The van der Waals surface area contributed by atoms with Crippen molar-refractivity contribution in [2.75, 3.05) is 25.1 Å². The summed E-state index contributed by atoms with van der Waals surface area (Å²) in [5, 5.41) is 5.54. The minimum absolute atomic E-state index is 0.164. The SMILES string of the molecule is O=C(Nc1cc(Br)ccc1F)C1COCCN1. The number of hydrogen-bond acceptors (Lipinski definition) is 3. The molecule has 6 heteroatoms. The molecule has 1 atom stereocenters. The highest BCUT2D eigenvalue weighted by molar-refractivity contribution is 9.10. The minimum atomic E-state index is -0.460. The Morgan fingerprint density at radius 2 is 2.41 bits per heavy atom. The van der Waals surface area contributed by atoms with Crippen molar-refractivity contribution < 1.29 is 13.9 Å². The van der Waals surface area contributed by atoms with Gasteiger partial charge in [-0.15, -0.1) is 0 Å². The van der Waals surface area contributed by atoms with Gasteiger partial charge in [-0.2, -0.15) is 0 Å². The average molecular weight is 303 g/mol. The van der Waals surface area contributed by atoms with Crippen LogP contribution in [0.2, 0.25) is 0 Å². The van der Waals surface area contributed by atoms with Crippen molar-refractivity contribution in [3.05, 3.63) is 28.5 Å². The highest BCUT2D eigenvalue weighted by atomic mass is 79.9. The fourth-order valence-electron chi connectivity index (χ4n) is 1.55. The maximum Gasteiger partial charge on any atom is 0.243 e. The van der Waals surface area contributed by atoms with Gasteiger partial charge in [-0.05, 0) is 18.2 Å². The van der Waals surface area contributed by atoms with Crippen LogP contribution in [0.4, 0.5) is 10.1 Å². The molecule has 2 rings (SSSR count). The average Bonchev–Trinajstić information content (AvgIpc) is 2.35. The first-order valence-corrected chi connectivity index (χ1v) is 6.03. The zero-order chi connectivity index (χ0) is 12.3. The Morgan fingerprint density at radius 1 is 1.59 bits per heavy atom. The summed E-state index contributed by atoms with van der Waals surface area (Å²) in [6, 6.07) is 3.97. The second kappa shape index (κ2) is 5.57. The molecular weight excluding hydrogens is 291 g/mol. The van der Waals surface area contributed by atoms with Crippen LogP contribution in [0.5, 0.6) is 0 Å². The monoisotopic (exact) mass is 302 g/mol. The van der Waals surface area contributed by atoms with Gasteiger partial charge in [0.2, 0.25) is 5.91 Å². The summed E-state index contributed by atoms with van der Waals surface area (Å²) >= 11 is 3.22. The minimum Gasteiger partial charge on any atom is -0.378 e. The van der Waals surface area contributed by atoms with Crippen LogP contribution in [0, 0.1) is 5.82 Å². The Labute approximate surface area is 107 Å². The van der Waals surface area contributed by atoms with Crippen LogP contribution in [0.3, 0.4) is 0 Å². The lowest BCUT2D eigenvalue weighted by Gasteiger charge is -2.23. The number of nitrogens with one attached hydrogen (secondary N) is 2. The Morgan fingerprint density at radius 3 is 3.12 bits per heavy atom. The fourth-order valence-corrected chi connectivity index (χ4v) is 1.91. The molecule has 1 aliphatic heterocycles. The number of hydrogen-bond donors (Lipinski definition) is 2. The van der Waals surface area contributed by atoms with Gasteiger partial charge in [0.15, 0.2) is 0 Å². The van der Waals surface area contributed by atoms with Gasteiger partial charge in [0.25, 0.3) is 0 Å². The van der Waals surface area contributed by atoms with E-state index in [1.165, 1.54) is 12.1 Å². The third-order valence-corrected chi connectivity index (χ3v) is 2.92. The van der Waals surface area contributed by atoms with Crippen molar-refractivity contribution >= 4 is 27.5 Å². The molecule has 4 nitrogen and oxygen atoms in total.